The molecule has 1 aromatic heterocycles. The Morgan fingerprint density at radius 2 is 2.00 bits per heavy atom. The third-order valence-electron chi connectivity index (χ3n) is 3.29. The van der Waals surface area contributed by atoms with Crippen LogP contribution in [-0.4, -0.2) is 12.3 Å². The Labute approximate surface area is 106 Å². The first-order chi connectivity index (χ1) is 8.25. The van der Waals surface area contributed by atoms with Gasteiger partial charge in [0, 0.05) is 22.5 Å². The number of fused-ring (bicyclic) bond motifs is 1. The predicted octanol–water partition coefficient (Wildman–Crippen LogP) is 3.76. The molecule has 0 fully saturated rings. The van der Waals surface area contributed by atoms with Gasteiger partial charge in [-0.15, -0.1) is 11.3 Å². The van der Waals surface area contributed by atoms with Crippen molar-refractivity contribution < 1.29 is 0 Å². The highest BCUT2D eigenvalue weighted by Crippen LogP contribution is 2.25. The van der Waals surface area contributed by atoms with Crippen LogP contribution in [0.4, 0.5) is 0 Å². The maximum Gasteiger partial charge on any atom is 0.0732 e. The summed E-state index contributed by atoms with van der Waals surface area (Å²) in [6, 6.07) is 8.91. The predicted molar refractivity (Wildman–Crippen MR) is 74.4 cm³/mol. The van der Waals surface area contributed by atoms with Gasteiger partial charge in [0.2, 0.25) is 0 Å². The van der Waals surface area contributed by atoms with Crippen molar-refractivity contribution in [2.24, 2.45) is 4.99 Å². The van der Waals surface area contributed by atoms with Gasteiger partial charge in [-0.3, -0.25) is 4.99 Å². The zero-order chi connectivity index (χ0) is 11.8. The van der Waals surface area contributed by atoms with Crippen LogP contribution in [0.25, 0.3) is 0 Å². The summed E-state index contributed by atoms with van der Waals surface area (Å²) >= 11 is 1.80. The summed E-state index contributed by atoms with van der Waals surface area (Å²) in [5.41, 5.74) is 6.57. The van der Waals surface area contributed by atoms with E-state index in [0.717, 1.165) is 13.0 Å². The van der Waals surface area contributed by atoms with E-state index in [1.54, 1.807) is 11.3 Å². The van der Waals surface area contributed by atoms with Crippen molar-refractivity contribution in [2.45, 2.75) is 20.3 Å². The highest BCUT2D eigenvalue weighted by atomic mass is 32.1. The van der Waals surface area contributed by atoms with Crippen LogP contribution < -0.4 is 0 Å². The topological polar surface area (TPSA) is 12.4 Å². The molecule has 2 heterocycles. The molecular weight excluding hydrogens is 226 g/mol. The van der Waals surface area contributed by atoms with Gasteiger partial charge in [0.05, 0.1) is 5.71 Å². The average molecular weight is 241 g/mol. The van der Waals surface area contributed by atoms with Gasteiger partial charge in [0.1, 0.15) is 0 Å². The molecule has 2 heteroatoms. The van der Waals surface area contributed by atoms with E-state index in [-0.39, 0.29) is 0 Å². The van der Waals surface area contributed by atoms with Gasteiger partial charge in [0.15, 0.2) is 0 Å². The molecule has 1 nitrogen and oxygen atoms in total. The van der Waals surface area contributed by atoms with Crippen molar-refractivity contribution >= 4 is 17.0 Å². The van der Waals surface area contributed by atoms with E-state index >= 15 is 0 Å². The van der Waals surface area contributed by atoms with Gasteiger partial charge in [0.25, 0.3) is 0 Å². The highest BCUT2D eigenvalue weighted by molar-refractivity contribution is 7.10. The molecule has 0 radical (unpaired) electrons. The first-order valence-electron chi connectivity index (χ1n) is 5.94. The SMILES string of the molecule is Cc1ccc2c(c1)C(c1ccsc1C)=NCC2. The normalized spacial score (nSPS) is 14.4. The van der Waals surface area contributed by atoms with Crippen molar-refractivity contribution in [3.05, 3.63) is 56.8 Å². The Kier molecular flexibility index (Phi) is 2.60. The van der Waals surface area contributed by atoms with Crippen molar-refractivity contribution in [3.63, 3.8) is 0 Å². The van der Waals surface area contributed by atoms with Crippen LogP contribution in [0.1, 0.15) is 27.1 Å². The first kappa shape index (κ1) is 10.7. The second-order valence-electron chi connectivity index (χ2n) is 4.53. The van der Waals surface area contributed by atoms with Crippen molar-refractivity contribution in [1.29, 1.82) is 0 Å². The fourth-order valence-electron chi connectivity index (χ4n) is 2.36. The molecule has 0 bridgehead atoms. The molecule has 3 rings (SSSR count). The van der Waals surface area contributed by atoms with Crippen LogP contribution in [-0.2, 0) is 6.42 Å². The van der Waals surface area contributed by atoms with E-state index in [1.165, 1.54) is 32.8 Å². The molecule has 2 aromatic rings. The molecule has 0 amide bonds. The molecule has 0 saturated heterocycles. The van der Waals surface area contributed by atoms with E-state index in [0.29, 0.717) is 0 Å². The summed E-state index contributed by atoms with van der Waals surface area (Å²) in [5, 5.41) is 2.15. The molecule has 0 aliphatic carbocycles. The number of benzene rings is 1. The van der Waals surface area contributed by atoms with Gasteiger partial charge >= 0.3 is 0 Å². The molecule has 0 spiro atoms. The third kappa shape index (κ3) is 1.83. The number of aliphatic imine (C=N–C) groups is 1. The summed E-state index contributed by atoms with van der Waals surface area (Å²) in [6.07, 6.45) is 1.07. The summed E-state index contributed by atoms with van der Waals surface area (Å²) < 4.78 is 0. The molecule has 86 valence electrons. The van der Waals surface area contributed by atoms with Gasteiger partial charge in [-0.2, -0.15) is 0 Å². The Bertz CT molecular complexity index is 593. The van der Waals surface area contributed by atoms with Gasteiger partial charge < -0.3 is 0 Å². The monoisotopic (exact) mass is 241 g/mol. The lowest BCUT2D eigenvalue weighted by Gasteiger charge is -2.17. The second kappa shape index (κ2) is 4.11. The number of thiophene rings is 1. The minimum atomic E-state index is 0.917. The minimum absolute atomic E-state index is 0.917. The van der Waals surface area contributed by atoms with Crippen molar-refractivity contribution in [1.82, 2.24) is 0 Å². The van der Waals surface area contributed by atoms with Gasteiger partial charge in [-0.25, -0.2) is 0 Å². The van der Waals surface area contributed by atoms with E-state index in [1.807, 2.05) is 0 Å². The molecule has 0 saturated carbocycles. The molecule has 1 aliphatic heterocycles. The van der Waals surface area contributed by atoms with E-state index in [4.69, 9.17) is 4.99 Å². The van der Waals surface area contributed by atoms with Crippen LogP contribution in [0.3, 0.4) is 0 Å². The lowest BCUT2D eigenvalue weighted by Crippen LogP contribution is -2.14. The molecule has 0 unspecified atom stereocenters. The lowest BCUT2D eigenvalue weighted by atomic mass is 9.92. The Morgan fingerprint density at radius 1 is 1.12 bits per heavy atom. The number of rotatable bonds is 1. The van der Waals surface area contributed by atoms with Gasteiger partial charge in [-0.1, -0.05) is 17.7 Å². The van der Waals surface area contributed by atoms with Crippen LogP contribution in [0.2, 0.25) is 0 Å². The average Bonchev–Trinajstić information content (AvgIpc) is 2.74. The third-order valence-corrected chi connectivity index (χ3v) is 4.13. The van der Waals surface area contributed by atoms with Crippen LogP contribution in [0.15, 0.2) is 34.6 Å². The fourth-order valence-corrected chi connectivity index (χ4v) is 3.06. The fraction of sp³-hybridized carbons (Fsp3) is 0.267. The zero-order valence-corrected chi connectivity index (χ0v) is 11.0. The highest BCUT2D eigenvalue weighted by Gasteiger charge is 2.17. The second-order valence-corrected chi connectivity index (χ2v) is 5.65. The maximum absolute atomic E-state index is 4.74. The maximum atomic E-state index is 4.74. The van der Waals surface area contributed by atoms with Crippen LogP contribution in [0.5, 0.6) is 0 Å². The van der Waals surface area contributed by atoms with E-state index in [2.05, 4.69) is 43.5 Å². The smallest absolute Gasteiger partial charge is 0.0732 e. The summed E-state index contributed by atoms with van der Waals surface area (Å²) in [6.45, 7) is 5.24. The first-order valence-corrected chi connectivity index (χ1v) is 6.82. The van der Waals surface area contributed by atoms with Gasteiger partial charge in [-0.05, 0) is 43.3 Å². The van der Waals surface area contributed by atoms with E-state index < -0.39 is 0 Å². The molecule has 17 heavy (non-hydrogen) atoms. The molecular formula is C15H15NS. The van der Waals surface area contributed by atoms with Crippen LogP contribution >= 0.6 is 11.3 Å². The summed E-state index contributed by atoms with van der Waals surface area (Å²) in [5.74, 6) is 0. The summed E-state index contributed by atoms with van der Waals surface area (Å²) in [7, 11) is 0. The number of nitrogens with zero attached hydrogens (tertiary/aromatic N) is 1. The largest absolute Gasteiger partial charge is 0.284 e. The van der Waals surface area contributed by atoms with Crippen LogP contribution in [0, 0.1) is 13.8 Å². The number of aryl methyl sites for hydroxylation is 2. The molecule has 0 atom stereocenters. The standard InChI is InChI=1S/C15H15NS/c1-10-3-4-12-5-7-16-15(14(12)9-10)13-6-8-17-11(13)2/h3-4,6,8-9H,5,7H2,1-2H3. The van der Waals surface area contributed by atoms with Crippen molar-refractivity contribution in [2.75, 3.05) is 6.54 Å². The van der Waals surface area contributed by atoms with E-state index in [9.17, 15) is 0 Å². The molecule has 1 aromatic carbocycles. The Hall–Kier alpha value is -1.41. The van der Waals surface area contributed by atoms with Crippen molar-refractivity contribution in [3.8, 4) is 0 Å². The minimum Gasteiger partial charge on any atom is -0.284 e. The molecule has 1 aliphatic rings. The quantitative estimate of drug-likeness (QED) is 0.721. The Morgan fingerprint density at radius 3 is 2.76 bits per heavy atom. The number of hydrogen-bond donors (Lipinski definition) is 0. The number of hydrogen-bond acceptors (Lipinski definition) is 2. The molecule has 0 N–H and O–H groups in total. The summed E-state index contributed by atoms with van der Waals surface area (Å²) in [4.78, 5) is 6.10. The zero-order valence-electron chi connectivity index (χ0n) is 10.2. The Balaban J connectivity index is 2.18. The lowest BCUT2D eigenvalue weighted by molar-refractivity contribution is 0.942.